The van der Waals surface area contributed by atoms with Crippen LogP contribution in [-0.2, 0) is 17.8 Å². The minimum Gasteiger partial charge on any atom is -0.357 e. The van der Waals surface area contributed by atoms with Crippen LogP contribution in [0.25, 0.3) is 0 Å². The second kappa shape index (κ2) is 13.4. The maximum absolute atomic E-state index is 12.0. The Kier molecular flexibility index (Phi) is 11.9. The fourth-order valence-electron chi connectivity index (χ4n) is 2.95. The largest absolute Gasteiger partial charge is 0.357 e. The molecular weight excluding hydrogens is 459 g/mol. The summed E-state index contributed by atoms with van der Waals surface area (Å²) >= 11 is 1.84. The molecule has 0 aliphatic carbocycles. The number of nitrogens with one attached hydrogen (secondary N) is 2. The van der Waals surface area contributed by atoms with Crippen LogP contribution in [0, 0.1) is 0 Å². The summed E-state index contributed by atoms with van der Waals surface area (Å²) in [6.07, 6.45) is 6.13. The summed E-state index contributed by atoms with van der Waals surface area (Å²) in [5.74, 6) is 1.18. The molecule has 1 saturated heterocycles. The molecule has 5 nitrogen and oxygen atoms in total. The molecule has 0 aromatic carbocycles. The van der Waals surface area contributed by atoms with Crippen LogP contribution in [0.1, 0.15) is 55.7 Å². The quantitative estimate of drug-likeness (QED) is 0.252. The van der Waals surface area contributed by atoms with Gasteiger partial charge < -0.3 is 15.5 Å². The molecule has 26 heavy (non-hydrogen) atoms. The Bertz CT molecular complexity index is 561. The molecule has 1 aromatic rings. The first kappa shape index (κ1) is 23.2. The van der Waals surface area contributed by atoms with Crippen molar-refractivity contribution in [2.45, 2.75) is 58.9 Å². The highest BCUT2D eigenvalue weighted by Gasteiger charge is 2.15. The number of carbonyl (C=O) groups excluding carboxylic acids is 1. The Morgan fingerprint density at radius 3 is 2.73 bits per heavy atom. The van der Waals surface area contributed by atoms with Crippen molar-refractivity contribution in [3.05, 3.63) is 21.9 Å². The highest BCUT2D eigenvalue weighted by Crippen LogP contribution is 2.17. The minimum atomic E-state index is 0. The van der Waals surface area contributed by atoms with Gasteiger partial charge in [-0.3, -0.25) is 4.79 Å². The van der Waals surface area contributed by atoms with Gasteiger partial charge in [-0.2, -0.15) is 0 Å². The molecule has 7 heteroatoms. The summed E-state index contributed by atoms with van der Waals surface area (Å²) in [7, 11) is 0. The van der Waals surface area contributed by atoms with E-state index in [9.17, 15) is 4.79 Å². The number of likely N-dealkylation sites (tertiary alicyclic amines) is 1. The minimum absolute atomic E-state index is 0. The van der Waals surface area contributed by atoms with Crippen LogP contribution in [0.5, 0.6) is 0 Å². The maximum Gasteiger partial charge on any atom is 0.222 e. The van der Waals surface area contributed by atoms with Gasteiger partial charge in [-0.05, 0) is 44.7 Å². The van der Waals surface area contributed by atoms with E-state index in [4.69, 9.17) is 0 Å². The van der Waals surface area contributed by atoms with Crippen molar-refractivity contribution in [3.63, 3.8) is 0 Å². The lowest BCUT2D eigenvalue weighted by atomic mass is 10.2. The molecule has 1 aliphatic heterocycles. The molecule has 0 spiro atoms. The van der Waals surface area contributed by atoms with Crippen molar-refractivity contribution in [3.8, 4) is 0 Å². The lowest BCUT2D eigenvalue weighted by molar-refractivity contribution is -0.130. The third-order valence-corrected chi connectivity index (χ3v) is 5.59. The average molecular weight is 492 g/mol. The molecular formula is C19H33IN4OS. The molecule has 2 N–H and O–H groups in total. The Balaban J connectivity index is 0.00000338. The van der Waals surface area contributed by atoms with Crippen LogP contribution in [0.4, 0.5) is 0 Å². The smallest absolute Gasteiger partial charge is 0.222 e. The van der Waals surface area contributed by atoms with Crippen molar-refractivity contribution in [2.24, 2.45) is 4.99 Å². The number of halogens is 1. The van der Waals surface area contributed by atoms with E-state index in [1.807, 2.05) is 16.2 Å². The molecule has 0 bridgehead atoms. The molecule has 1 aliphatic rings. The van der Waals surface area contributed by atoms with Gasteiger partial charge in [0, 0.05) is 42.4 Å². The third-order valence-electron chi connectivity index (χ3n) is 4.37. The SMILES string of the molecule is CCNC(=NCc1ccc(CC)s1)NCCCN1CCCCCC1=O.I. The Morgan fingerprint density at radius 1 is 1.19 bits per heavy atom. The predicted octanol–water partition coefficient (Wildman–Crippen LogP) is 3.78. The van der Waals surface area contributed by atoms with Gasteiger partial charge in [-0.15, -0.1) is 35.3 Å². The van der Waals surface area contributed by atoms with Gasteiger partial charge in [0.25, 0.3) is 0 Å². The second-order valence-electron chi connectivity index (χ2n) is 6.39. The molecule has 0 radical (unpaired) electrons. The number of aliphatic imine (C=N–C) groups is 1. The van der Waals surface area contributed by atoms with Gasteiger partial charge in [0.15, 0.2) is 5.96 Å². The van der Waals surface area contributed by atoms with Crippen LogP contribution >= 0.6 is 35.3 Å². The molecule has 2 heterocycles. The first-order chi connectivity index (χ1) is 12.2. The Hall–Kier alpha value is -0.830. The molecule has 1 fully saturated rings. The lowest BCUT2D eigenvalue weighted by Gasteiger charge is -2.20. The standard InChI is InChI=1S/C19H32N4OS.HI/c1-3-16-10-11-17(25-16)15-22-19(20-4-2)21-12-8-14-23-13-7-5-6-9-18(23)24;/h10-11H,3-9,12-15H2,1-2H3,(H2,20,21,22);1H. The lowest BCUT2D eigenvalue weighted by Crippen LogP contribution is -2.39. The van der Waals surface area contributed by atoms with E-state index >= 15 is 0 Å². The van der Waals surface area contributed by atoms with Crippen LogP contribution in [0.2, 0.25) is 0 Å². The summed E-state index contributed by atoms with van der Waals surface area (Å²) in [5.41, 5.74) is 0. The van der Waals surface area contributed by atoms with E-state index in [-0.39, 0.29) is 24.0 Å². The zero-order valence-electron chi connectivity index (χ0n) is 16.1. The van der Waals surface area contributed by atoms with Gasteiger partial charge in [0.2, 0.25) is 5.91 Å². The third kappa shape index (κ3) is 8.24. The highest BCUT2D eigenvalue weighted by atomic mass is 127. The Labute approximate surface area is 179 Å². The first-order valence-corrected chi connectivity index (χ1v) is 10.4. The number of carbonyl (C=O) groups is 1. The zero-order valence-corrected chi connectivity index (χ0v) is 19.2. The number of nitrogens with zero attached hydrogens (tertiary/aromatic N) is 2. The molecule has 1 aromatic heterocycles. The Morgan fingerprint density at radius 2 is 2.00 bits per heavy atom. The number of aryl methyl sites for hydroxylation is 1. The van der Waals surface area contributed by atoms with Crippen molar-refractivity contribution in [2.75, 3.05) is 26.2 Å². The number of rotatable bonds is 8. The van der Waals surface area contributed by atoms with Crippen LogP contribution < -0.4 is 10.6 Å². The molecule has 0 unspecified atom stereocenters. The monoisotopic (exact) mass is 492 g/mol. The maximum atomic E-state index is 12.0. The van der Waals surface area contributed by atoms with E-state index in [0.29, 0.717) is 12.5 Å². The average Bonchev–Trinajstić information content (AvgIpc) is 2.99. The van der Waals surface area contributed by atoms with Crippen LogP contribution in [-0.4, -0.2) is 42.9 Å². The number of hydrogen-bond acceptors (Lipinski definition) is 3. The molecule has 148 valence electrons. The summed E-state index contributed by atoms with van der Waals surface area (Å²) in [4.78, 5) is 21.4. The van der Waals surface area contributed by atoms with Crippen molar-refractivity contribution >= 4 is 47.2 Å². The van der Waals surface area contributed by atoms with Gasteiger partial charge >= 0.3 is 0 Å². The molecule has 0 atom stereocenters. The predicted molar refractivity (Wildman–Crippen MR) is 122 cm³/mol. The van der Waals surface area contributed by atoms with Gasteiger partial charge in [-0.25, -0.2) is 4.99 Å². The van der Waals surface area contributed by atoms with Gasteiger partial charge in [0.1, 0.15) is 0 Å². The number of thiophene rings is 1. The topological polar surface area (TPSA) is 56.7 Å². The van der Waals surface area contributed by atoms with Crippen molar-refractivity contribution < 1.29 is 4.79 Å². The van der Waals surface area contributed by atoms with E-state index in [0.717, 1.165) is 64.2 Å². The van der Waals surface area contributed by atoms with Crippen LogP contribution in [0.15, 0.2) is 17.1 Å². The van der Waals surface area contributed by atoms with Crippen molar-refractivity contribution in [1.29, 1.82) is 0 Å². The van der Waals surface area contributed by atoms with E-state index in [1.54, 1.807) is 0 Å². The summed E-state index contributed by atoms with van der Waals surface area (Å²) in [5, 5.41) is 6.68. The van der Waals surface area contributed by atoms with E-state index < -0.39 is 0 Å². The highest BCUT2D eigenvalue weighted by molar-refractivity contribution is 14.0. The fraction of sp³-hybridized carbons (Fsp3) is 0.684. The second-order valence-corrected chi connectivity index (χ2v) is 7.64. The van der Waals surface area contributed by atoms with Gasteiger partial charge in [0.05, 0.1) is 6.54 Å². The van der Waals surface area contributed by atoms with Crippen molar-refractivity contribution in [1.82, 2.24) is 15.5 Å². The molecule has 2 rings (SSSR count). The number of amides is 1. The fourth-order valence-corrected chi connectivity index (χ4v) is 3.83. The summed E-state index contributed by atoms with van der Waals surface area (Å²) in [6.45, 7) is 8.42. The first-order valence-electron chi connectivity index (χ1n) is 9.60. The molecule has 1 amide bonds. The van der Waals surface area contributed by atoms with Crippen LogP contribution in [0.3, 0.4) is 0 Å². The summed E-state index contributed by atoms with van der Waals surface area (Å²) < 4.78 is 0. The normalized spacial score (nSPS) is 15.4. The van der Waals surface area contributed by atoms with E-state index in [2.05, 4.69) is 41.6 Å². The molecule has 0 saturated carbocycles. The zero-order chi connectivity index (χ0) is 17.9. The van der Waals surface area contributed by atoms with E-state index in [1.165, 1.54) is 16.2 Å². The van der Waals surface area contributed by atoms with Gasteiger partial charge in [-0.1, -0.05) is 13.3 Å². The summed E-state index contributed by atoms with van der Waals surface area (Å²) in [6, 6.07) is 4.36. The number of hydrogen-bond donors (Lipinski definition) is 2. The number of guanidine groups is 1.